The lowest BCUT2D eigenvalue weighted by atomic mass is 10.1. The Kier molecular flexibility index (Phi) is 5.39. The Hall–Kier alpha value is -1.37. The van der Waals surface area contributed by atoms with Gasteiger partial charge in [0.05, 0.1) is 31.5 Å². The summed E-state index contributed by atoms with van der Waals surface area (Å²) in [6.45, 7) is 4.79. The number of methoxy groups -OCH3 is 2. The fraction of sp³-hybridized carbons (Fsp3) is 0.429. The number of halogens is 1. The Morgan fingerprint density at radius 1 is 1.38 bits per heavy atom. The maximum atomic E-state index is 6.40. The summed E-state index contributed by atoms with van der Waals surface area (Å²) >= 11 is 8.00. The van der Waals surface area contributed by atoms with Gasteiger partial charge >= 0.3 is 0 Å². The van der Waals surface area contributed by atoms with Crippen molar-refractivity contribution in [3.8, 4) is 11.8 Å². The zero-order chi connectivity index (χ0) is 15.4. The van der Waals surface area contributed by atoms with Gasteiger partial charge in [-0.1, -0.05) is 18.5 Å². The third-order valence-corrected chi connectivity index (χ3v) is 4.80. The first-order chi connectivity index (χ1) is 10.1. The van der Waals surface area contributed by atoms with Crippen LogP contribution in [-0.4, -0.2) is 30.7 Å². The first-order valence-electron chi connectivity index (χ1n) is 6.54. The molecule has 0 fully saturated rings. The molecule has 7 heteroatoms. The molecule has 21 heavy (non-hydrogen) atoms. The summed E-state index contributed by atoms with van der Waals surface area (Å²) in [5, 5.41) is 6.17. The highest BCUT2D eigenvalue weighted by Gasteiger charge is 2.25. The van der Waals surface area contributed by atoms with Crippen molar-refractivity contribution < 1.29 is 9.47 Å². The molecule has 0 bridgehead atoms. The van der Waals surface area contributed by atoms with Gasteiger partial charge in [0.1, 0.15) is 5.69 Å². The Bertz CT molecular complexity index is 618. The monoisotopic (exact) mass is 327 g/mol. The first kappa shape index (κ1) is 16.0. The van der Waals surface area contributed by atoms with Crippen LogP contribution >= 0.6 is 22.9 Å². The van der Waals surface area contributed by atoms with E-state index in [4.69, 9.17) is 21.1 Å². The Balaban J connectivity index is 2.50. The standard InChI is InChI=1S/C14H18ClN3O2S/c1-5-16-11(13-10(15)8(2)7-21-13)12-14(20-4)18-9(19-3)6-17-12/h6-7,11,16H,5H2,1-4H3. The second-order valence-corrected chi connectivity index (χ2v) is 5.68. The number of aromatic nitrogens is 2. The molecule has 2 aromatic heterocycles. The van der Waals surface area contributed by atoms with Gasteiger partial charge in [-0.25, -0.2) is 4.98 Å². The average molecular weight is 328 g/mol. The molecule has 0 aliphatic rings. The molecular weight excluding hydrogens is 310 g/mol. The summed E-state index contributed by atoms with van der Waals surface area (Å²) in [5.74, 6) is 0.849. The van der Waals surface area contributed by atoms with Gasteiger partial charge in [-0.05, 0) is 24.4 Å². The maximum Gasteiger partial charge on any atom is 0.240 e. The van der Waals surface area contributed by atoms with Gasteiger partial charge < -0.3 is 14.8 Å². The predicted octanol–water partition coefficient (Wildman–Crippen LogP) is 3.22. The number of nitrogens with one attached hydrogen (secondary N) is 1. The summed E-state index contributed by atoms with van der Waals surface area (Å²) in [5.41, 5.74) is 1.75. The van der Waals surface area contributed by atoms with Crippen molar-refractivity contribution in [2.24, 2.45) is 0 Å². The van der Waals surface area contributed by atoms with Gasteiger partial charge in [0, 0.05) is 4.88 Å². The minimum Gasteiger partial charge on any atom is -0.480 e. The van der Waals surface area contributed by atoms with E-state index in [0.29, 0.717) is 17.5 Å². The van der Waals surface area contributed by atoms with Crippen molar-refractivity contribution in [1.82, 2.24) is 15.3 Å². The molecule has 0 saturated carbocycles. The number of hydrogen-bond acceptors (Lipinski definition) is 6. The van der Waals surface area contributed by atoms with E-state index in [0.717, 1.165) is 22.0 Å². The number of rotatable bonds is 6. The van der Waals surface area contributed by atoms with Gasteiger partial charge in [0.25, 0.3) is 0 Å². The lowest BCUT2D eigenvalue weighted by Crippen LogP contribution is -2.23. The quantitative estimate of drug-likeness (QED) is 0.882. The normalized spacial score (nSPS) is 12.2. The number of ether oxygens (including phenoxy) is 2. The van der Waals surface area contributed by atoms with Gasteiger partial charge in [0.15, 0.2) is 0 Å². The Morgan fingerprint density at radius 3 is 2.67 bits per heavy atom. The molecule has 2 aromatic rings. The smallest absolute Gasteiger partial charge is 0.240 e. The molecule has 0 radical (unpaired) electrons. The molecule has 0 amide bonds. The van der Waals surface area contributed by atoms with Crippen molar-refractivity contribution in [3.63, 3.8) is 0 Å². The van der Waals surface area contributed by atoms with E-state index in [2.05, 4.69) is 15.3 Å². The fourth-order valence-corrected chi connectivity index (χ4v) is 3.35. The van der Waals surface area contributed by atoms with Crippen LogP contribution in [0.4, 0.5) is 0 Å². The van der Waals surface area contributed by atoms with Crippen LogP contribution in [0.3, 0.4) is 0 Å². The summed E-state index contributed by atoms with van der Waals surface area (Å²) in [4.78, 5) is 9.74. The predicted molar refractivity (Wildman–Crippen MR) is 84.7 cm³/mol. The number of hydrogen-bond donors (Lipinski definition) is 1. The van der Waals surface area contributed by atoms with Crippen molar-refractivity contribution in [3.05, 3.63) is 32.7 Å². The molecule has 1 atom stereocenters. The van der Waals surface area contributed by atoms with Crippen LogP contribution < -0.4 is 14.8 Å². The van der Waals surface area contributed by atoms with Gasteiger partial charge in [-0.3, -0.25) is 0 Å². The second kappa shape index (κ2) is 7.06. The van der Waals surface area contributed by atoms with Crippen molar-refractivity contribution in [2.45, 2.75) is 19.9 Å². The SMILES string of the molecule is CCNC(c1ncc(OC)nc1OC)c1scc(C)c1Cl. The highest BCUT2D eigenvalue weighted by molar-refractivity contribution is 7.10. The molecule has 0 saturated heterocycles. The fourth-order valence-electron chi connectivity index (χ4n) is 1.97. The number of thiophene rings is 1. The molecular formula is C14H18ClN3O2S. The highest BCUT2D eigenvalue weighted by Crippen LogP contribution is 2.37. The molecule has 2 heterocycles. The van der Waals surface area contributed by atoms with E-state index in [1.807, 2.05) is 19.2 Å². The van der Waals surface area contributed by atoms with Crippen LogP contribution in [0, 0.1) is 6.92 Å². The van der Waals surface area contributed by atoms with Crippen LogP contribution in [-0.2, 0) is 0 Å². The summed E-state index contributed by atoms with van der Waals surface area (Å²) in [7, 11) is 3.11. The number of nitrogens with zero attached hydrogens (tertiary/aromatic N) is 2. The van der Waals surface area contributed by atoms with E-state index >= 15 is 0 Å². The van der Waals surface area contributed by atoms with Crippen molar-refractivity contribution in [2.75, 3.05) is 20.8 Å². The lowest BCUT2D eigenvalue weighted by molar-refractivity contribution is 0.353. The minimum atomic E-state index is -0.158. The molecule has 1 N–H and O–H groups in total. The Labute approximate surface area is 133 Å². The maximum absolute atomic E-state index is 6.40. The average Bonchev–Trinajstić information content (AvgIpc) is 2.84. The molecule has 0 aromatic carbocycles. The topological polar surface area (TPSA) is 56.3 Å². The van der Waals surface area contributed by atoms with Crippen LogP contribution in [0.1, 0.15) is 29.1 Å². The van der Waals surface area contributed by atoms with E-state index < -0.39 is 0 Å². The van der Waals surface area contributed by atoms with E-state index in [1.54, 1.807) is 31.8 Å². The molecule has 0 aliphatic carbocycles. The summed E-state index contributed by atoms with van der Waals surface area (Å²) in [6.07, 6.45) is 1.58. The van der Waals surface area contributed by atoms with Crippen LogP contribution in [0.2, 0.25) is 5.02 Å². The minimum absolute atomic E-state index is 0.158. The molecule has 0 aliphatic heterocycles. The van der Waals surface area contributed by atoms with Gasteiger partial charge in [-0.2, -0.15) is 4.98 Å². The van der Waals surface area contributed by atoms with Crippen LogP contribution in [0.25, 0.3) is 0 Å². The van der Waals surface area contributed by atoms with Gasteiger partial charge in [-0.15, -0.1) is 11.3 Å². The third-order valence-electron chi connectivity index (χ3n) is 3.02. The van der Waals surface area contributed by atoms with Crippen molar-refractivity contribution >= 4 is 22.9 Å². The van der Waals surface area contributed by atoms with E-state index in [9.17, 15) is 0 Å². The van der Waals surface area contributed by atoms with Gasteiger partial charge in [0.2, 0.25) is 11.8 Å². The Morgan fingerprint density at radius 2 is 2.14 bits per heavy atom. The molecule has 1 unspecified atom stereocenters. The number of aryl methyl sites for hydroxylation is 1. The summed E-state index contributed by atoms with van der Waals surface area (Å²) in [6, 6.07) is -0.158. The highest BCUT2D eigenvalue weighted by atomic mass is 35.5. The molecule has 5 nitrogen and oxygen atoms in total. The van der Waals surface area contributed by atoms with E-state index in [1.165, 1.54) is 0 Å². The largest absolute Gasteiger partial charge is 0.480 e. The second-order valence-electron chi connectivity index (χ2n) is 4.39. The summed E-state index contributed by atoms with van der Waals surface area (Å²) < 4.78 is 10.4. The van der Waals surface area contributed by atoms with Crippen molar-refractivity contribution in [1.29, 1.82) is 0 Å². The zero-order valence-electron chi connectivity index (χ0n) is 12.4. The third kappa shape index (κ3) is 3.28. The van der Waals surface area contributed by atoms with Crippen LogP contribution in [0.15, 0.2) is 11.6 Å². The zero-order valence-corrected chi connectivity index (χ0v) is 14.0. The van der Waals surface area contributed by atoms with Crippen LogP contribution in [0.5, 0.6) is 11.8 Å². The molecule has 2 rings (SSSR count). The molecule has 0 spiro atoms. The van der Waals surface area contributed by atoms with E-state index in [-0.39, 0.29) is 6.04 Å². The lowest BCUT2D eigenvalue weighted by Gasteiger charge is -2.18. The first-order valence-corrected chi connectivity index (χ1v) is 7.79. The molecule has 114 valence electrons.